The molecule has 1 heterocycles. The highest BCUT2D eigenvalue weighted by atomic mass is 16.5. The van der Waals surface area contributed by atoms with Crippen LogP contribution in [0.1, 0.15) is 0 Å². The van der Waals surface area contributed by atoms with Gasteiger partial charge in [0.2, 0.25) is 0 Å². The monoisotopic (exact) mass is 211 g/mol. The maximum Gasteiger partial charge on any atom is 0.122 e. The number of nitrogens with one attached hydrogen (secondary N) is 1. The SMILES string of the molecule is C1COCCN1.COc1cccc(O)c1. The van der Waals surface area contributed by atoms with Crippen LogP contribution in [0, 0.1) is 0 Å². The molecule has 0 aliphatic carbocycles. The fourth-order valence-electron chi connectivity index (χ4n) is 1.13. The zero-order chi connectivity index (χ0) is 10.9. The Bertz CT molecular complexity index is 263. The van der Waals surface area contributed by atoms with Crippen LogP contribution in [0.15, 0.2) is 24.3 Å². The topological polar surface area (TPSA) is 50.7 Å². The fraction of sp³-hybridized carbons (Fsp3) is 0.455. The second kappa shape index (κ2) is 7.09. The molecule has 1 saturated heterocycles. The smallest absolute Gasteiger partial charge is 0.122 e. The number of rotatable bonds is 1. The van der Waals surface area contributed by atoms with Crippen molar-refractivity contribution in [1.82, 2.24) is 5.32 Å². The molecule has 1 aliphatic heterocycles. The van der Waals surface area contributed by atoms with E-state index in [2.05, 4.69) is 5.32 Å². The van der Waals surface area contributed by atoms with Gasteiger partial charge in [-0.25, -0.2) is 0 Å². The average molecular weight is 211 g/mol. The second-order valence-electron chi connectivity index (χ2n) is 3.06. The number of ether oxygens (including phenoxy) is 2. The summed E-state index contributed by atoms with van der Waals surface area (Å²) in [6.45, 7) is 3.83. The number of hydrogen-bond donors (Lipinski definition) is 2. The van der Waals surface area contributed by atoms with Gasteiger partial charge in [0, 0.05) is 19.2 Å². The molecule has 2 rings (SSSR count). The molecule has 15 heavy (non-hydrogen) atoms. The standard InChI is InChI=1S/C7H8O2.C4H9NO/c1-9-7-4-2-3-6(8)5-7;1-3-6-4-2-5-1/h2-5,8H,1H3;5H,1-4H2. The van der Waals surface area contributed by atoms with Gasteiger partial charge in [0.1, 0.15) is 11.5 Å². The number of benzene rings is 1. The summed E-state index contributed by atoms with van der Waals surface area (Å²) in [6.07, 6.45) is 0. The van der Waals surface area contributed by atoms with Crippen LogP contribution in [0.5, 0.6) is 11.5 Å². The number of phenols is 1. The Hall–Kier alpha value is -1.26. The molecule has 1 aromatic rings. The molecular weight excluding hydrogens is 194 g/mol. The first-order chi connectivity index (χ1) is 7.33. The highest BCUT2D eigenvalue weighted by Gasteiger charge is 1.93. The van der Waals surface area contributed by atoms with Gasteiger partial charge in [-0.1, -0.05) is 6.07 Å². The minimum atomic E-state index is 0.231. The first-order valence-electron chi connectivity index (χ1n) is 4.94. The van der Waals surface area contributed by atoms with Gasteiger partial charge in [0.15, 0.2) is 0 Å². The van der Waals surface area contributed by atoms with Gasteiger partial charge < -0.3 is 19.9 Å². The van der Waals surface area contributed by atoms with Crippen molar-refractivity contribution >= 4 is 0 Å². The molecule has 4 nitrogen and oxygen atoms in total. The Morgan fingerprint density at radius 2 is 2.07 bits per heavy atom. The van der Waals surface area contributed by atoms with Gasteiger partial charge in [-0.15, -0.1) is 0 Å². The normalized spacial score (nSPS) is 15.0. The molecule has 4 heteroatoms. The maximum atomic E-state index is 8.86. The van der Waals surface area contributed by atoms with E-state index >= 15 is 0 Å². The van der Waals surface area contributed by atoms with E-state index in [4.69, 9.17) is 14.6 Å². The molecule has 0 aromatic heterocycles. The minimum Gasteiger partial charge on any atom is -0.508 e. The third kappa shape index (κ3) is 5.24. The largest absolute Gasteiger partial charge is 0.508 e. The second-order valence-corrected chi connectivity index (χ2v) is 3.06. The maximum absolute atomic E-state index is 8.86. The first-order valence-corrected chi connectivity index (χ1v) is 4.94. The highest BCUT2D eigenvalue weighted by molar-refractivity contribution is 5.31. The third-order valence-electron chi connectivity index (χ3n) is 1.90. The van der Waals surface area contributed by atoms with Crippen molar-refractivity contribution in [2.75, 3.05) is 33.4 Å². The fourth-order valence-corrected chi connectivity index (χ4v) is 1.13. The van der Waals surface area contributed by atoms with E-state index in [1.807, 2.05) is 0 Å². The molecule has 84 valence electrons. The van der Waals surface area contributed by atoms with Crippen LogP contribution in [0.25, 0.3) is 0 Å². The molecule has 0 amide bonds. The molecule has 0 saturated carbocycles. The van der Waals surface area contributed by atoms with E-state index < -0.39 is 0 Å². The number of aromatic hydroxyl groups is 1. The lowest BCUT2D eigenvalue weighted by Gasteiger charge is -2.10. The lowest BCUT2D eigenvalue weighted by molar-refractivity contribution is 0.109. The Morgan fingerprint density at radius 1 is 1.33 bits per heavy atom. The van der Waals surface area contributed by atoms with Crippen LogP contribution in [0.2, 0.25) is 0 Å². The van der Waals surface area contributed by atoms with E-state index in [0.717, 1.165) is 26.3 Å². The predicted molar refractivity (Wildman–Crippen MR) is 58.3 cm³/mol. The molecular formula is C11H17NO3. The molecule has 0 spiro atoms. The molecule has 1 aliphatic rings. The summed E-state index contributed by atoms with van der Waals surface area (Å²) in [6, 6.07) is 6.66. The number of phenolic OH excluding ortho intramolecular Hbond substituents is 1. The summed E-state index contributed by atoms with van der Waals surface area (Å²) in [5.41, 5.74) is 0. The van der Waals surface area contributed by atoms with Crippen LogP contribution in [0.3, 0.4) is 0 Å². The van der Waals surface area contributed by atoms with Gasteiger partial charge >= 0.3 is 0 Å². The summed E-state index contributed by atoms with van der Waals surface area (Å²) in [4.78, 5) is 0. The van der Waals surface area contributed by atoms with Gasteiger partial charge in [0.25, 0.3) is 0 Å². The van der Waals surface area contributed by atoms with E-state index in [1.165, 1.54) is 0 Å². The average Bonchev–Trinajstić information content (AvgIpc) is 2.32. The first kappa shape index (κ1) is 11.8. The molecule has 1 fully saturated rings. The lowest BCUT2D eigenvalue weighted by Crippen LogP contribution is -2.30. The summed E-state index contributed by atoms with van der Waals surface area (Å²) in [5.74, 6) is 0.907. The van der Waals surface area contributed by atoms with Crippen molar-refractivity contribution in [2.24, 2.45) is 0 Å². The Balaban J connectivity index is 0.000000162. The Morgan fingerprint density at radius 3 is 2.40 bits per heavy atom. The Kier molecular flexibility index (Phi) is 5.58. The van der Waals surface area contributed by atoms with Crippen molar-refractivity contribution in [3.05, 3.63) is 24.3 Å². The zero-order valence-electron chi connectivity index (χ0n) is 8.90. The number of methoxy groups -OCH3 is 1. The summed E-state index contributed by atoms with van der Waals surface area (Å²) >= 11 is 0. The van der Waals surface area contributed by atoms with Gasteiger partial charge in [-0.2, -0.15) is 0 Å². The molecule has 1 aromatic carbocycles. The lowest BCUT2D eigenvalue weighted by atomic mass is 10.3. The van der Waals surface area contributed by atoms with Crippen LogP contribution in [-0.2, 0) is 4.74 Å². The third-order valence-corrected chi connectivity index (χ3v) is 1.90. The van der Waals surface area contributed by atoms with Crippen molar-refractivity contribution in [2.45, 2.75) is 0 Å². The quantitative estimate of drug-likeness (QED) is 0.728. The van der Waals surface area contributed by atoms with E-state index in [1.54, 1.807) is 31.4 Å². The molecule has 0 unspecified atom stereocenters. The van der Waals surface area contributed by atoms with Crippen LogP contribution in [0.4, 0.5) is 0 Å². The zero-order valence-corrected chi connectivity index (χ0v) is 8.90. The Labute approximate surface area is 89.8 Å². The number of hydrogen-bond acceptors (Lipinski definition) is 4. The predicted octanol–water partition coefficient (Wildman–Crippen LogP) is 1.01. The summed E-state index contributed by atoms with van der Waals surface area (Å²) < 4.78 is 9.84. The number of morpholine rings is 1. The van der Waals surface area contributed by atoms with Crippen molar-refractivity contribution in [1.29, 1.82) is 0 Å². The summed E-state index contributed by atoms with van der Waals surface area (Å²) in [5, 5.41) is 12.0. The molecule has 2 N–H and O–H groups in total. The van der Waals surface area contributed by atoms with E-state index in [0.29, 0.717) is 5.75 Å². The molecule has 0 atom stereocenters. The van der Waals surface area contributed by atoms with Gasteiger partial charge in [-0.05, 0) is 12.1 Å². The van der Waals surface area contributed by atoms with Crippen molar-refractivity contribution in [3.8, 4) is 11.5 Å². The van der Waals surface area contributed by atoms with Crippen LogP contribution >= 0.6 is 0 Å². The summed E-state index contributed by atoms with van der Waals surface area (Å²) in [7, 11) is 1.56. The molecule has 0 radical (unpaired) electrons. The van der Waals surface area contributed by atoms with Gasteiger partial charge in [-0.3, -0.25) is 0 Å². The van der Waals surface area contributed by atoms with Crippen molar-refractivity contribution < 1.29 is 14.6 Å². The van der Waals surface area contributed by atoms with E-state index in [9.17, 15) is 0 Å². The van der Waals surface area contributed by atoms with E-state index in [-0.39, 0.29) is 5.75 Å². The highest BCUT2D eigenvalue weighted by Crippen LogP contribution is 2.16. The van der Waals surface area contributed by atoms with Crippen LogP contribution in [-0.4, -0.2) is 38.5 Å². The minimum absolute atomic E-state index is 0.231. The molecule has 0 bridgehead atoms. The van der Waals surface area contributed by atoms with Gasteiger partial charge in [0.05, 0.1) is 20.3 Å². The van der Waals surface area contributed by atoms with Crippen LogP contribution < -0.4 is 10.1 Å². The van der Waals surface area contributed by atoms with Crippen molar-refractivity contribution in [3.63, 3.8) is 0 Å².